The van der Waals surface area contributed by atoms with Gasteiger partial charge in [0.15, 0.2) is 0 Å². The lowest BCUT2D eigenvalue weighted by atomic mass is 9.47. The van der Waals surface area contributed by atoms with Crippen LogP contribution in [0.25, 0.3) is 0 Å². The van der Waals surface area contributed by atoms with Crippen molar-refractivity contribution in [2.24, 2.45) is 46.3 Å². The molecule has 0 spiro atoms. The van der Waals surface area contributed by atoms with Crippen LogP contribution in [0.2, 0.25) is 0 Å². The van der Waals surface area contributed by atoms with Crippen molar-refractivity contribution >= 4 is 5.97 Å². The van der Waals surface area contributed by atoms with Gasteiger partial charge in [-0.2, -0.15) is 0 Å². The van der Waals surface area contributed by atoms with E-state index in [2.05, 4.69) is 40.7 Å². The Hall–Kier alpha value is -0.830. The van der Waals surface area contributed by atoms with Gasteiger partial charge < -0.3 is 9.47 Å². The molecule has 8 unspecified atom stereocenters. The van der Waals surface area contributed by atoms with Gasteiger partial charge in [-0.05, 0) is 98.2 Å². The van der Waals surface area contributed by atoms with Crippen molar-refractivity contribution in [3.63, 3.8) is 0 Å². The van der Waals surface area contributed by atoms with Gasteiger partial charge in [-0.3, -0.25) is 4.79 Å². The Bertz CT molecular complexity index is 756. The number of rotatable bonds is 10. The number of fused-ring (bicyclic) bond motifs is 5. The monoisotopic (exact) mass is 486 g/mol. The first-order valence-corrected chi connectivity index (χ1v) is 15.2. The molecule has 0 amide bonds. The molecular weight excluding hydrogens is 432 g/mol. The Kier molecular flexibility index (Phi) is 8.77. The van der Waals surface area contributed by atoms with Crippen LogP contribution in [-0.2, 0) is 14.3 Å². The fraction of sp³-hybridized carbons (Fsp3) is 0.906. The third-order valence-electron chi connectivity index (χ3n) is 11.2. The van der Waals surface area contributed by atoms with Crippen LogP contribution in [-0.4, -0.2) is 25.3 Å². The number of carbonyl (C=O) groups is 1. The molecule has 0 aromatic heterocycles. The van der Waals surface area contributed by atoms with Crippen molar-refractivity contribution in [3.05, 3.63) is 11.6 Å². The molecule has 200 valence electrons. The van der Waals surface area contributed by atoms with E-state index < -0.39 is 0 Å². The standard InChI is InChI=1S/C32H54O3/c1-7-34-20-17-30(33)35-25-15-18-31(5)24(21-25)11-12-26-28-14-13-27(23(4)10-8-9-22(2)3)32(28,6)19-16-29(26)31/h11,22-23,25-29H,7-10,12-21H2,1-6H3. The molecule has 0 aromatic rings. The second kappa shape index (κ2) is 11.3. The van der Waals surface area contributed by atoms with Crippen LogP contribution in [0, 0.1) is 46.3 Å². The normalized spacial score (nSPS) is 39.4. The van der Waals surface area contributed by atoms with Crippen molar-refractivity contribution in [3.8, 4) is 0 Å². The van der Waals surface area contributed by atoms with Crippen LogP contribution in [0.15, 0.2) is 11.6 Å². The molecule has 0 heterocycles. The Morgan fingerprint density at radius 2 is 1.86 bits per heavy atom. The lowest BCUT2D eigenvalue weighted by Gasteiger charge is -2.58. The Balaban J connectivity index is 1.39. The SMILES string of the molecule is CCOCCC(=O)OC1CCC2(C)C(=CCC3C2CCC2(C)C(C(C)CCCC(C)C)CCC32)C1. The van der Waals surface area contributed by atoms with Gasteiger partial charge in [-0.15, -0.1) is 0 Å². The molecular formula is C32H54O3. The van der Waals surface area contributed by atoms with Gasteiger partial charge in [0.1, 0.15) is 6.10 Å². The molecule has 3 heteroatoms. The number of hydrogen-bond donors (Lipinski definition) is 0. The average molecular weight is 487 g/mol. The van der Waals surface area contributed by atoms with Gasteiger partial charge >= 0.3 is 5.97 Å². The van der Waals surface area contributed by atoms with E-state index in [1.165, 1.54) is 57.8 Å². The maximum absolute atomic E-state index is 12.3. The number of esters is 1. The molecule has 0 saturated heterocycles. The molecule has 35 heavy (non-hydrogen) atoms. The zero-order chi connectivity index (χ0) is 25.2. The zero-order valence-electron chi connectivity index (χ0n) is 23.7. The Morgan fingerprint density at radius 1 is 1.06 bits per heavy atom. The molecule has 8 atom stereocenters. The molecule has 3 fully saturated rings. The highest BCUT2D eigenvalue weighted by molar-refractivity contribution is 5.69. The van der Waals surface area contributed by atoms with E-state index in [0.717, 1.165) is 48.3 Å². The van der Waals surface area contributed by atoms with Gasteiger partial charge in [-0.1, -0.05) is 65.5 Å². The second-order valence-corrected chi connectivity index (χ2v) is 13.6. The van der Waals surface area contributed by atoms with Crippen LogP contribution in [0.1, 0.15) is 119 Å². The van der Waals surface area contributed by atoms with Crippen LogP contribution in [0.3, 0.4) is 0 Å². The van der Waals surface area contributed by atoms with E-state index in [-0.39, 0.29) is 12.1 Å². The van der Waals surface area contributed by atoms with Crippen LogP contribution >= 0.6 is 0 Å². The molecule has 0 aromatic carbocycles. The summed E-state index contributed by atoms with van der Waals surface area (Å²) >= 11 is 0. The molecule has 0 N–H and O–H groups in total. The highest BCUT2D eigenvalue weighted by Gasteiger charge is 2.59. The number of ether oxygens (including phenoxy) is 2. The minimum atomic E-state index is -0.0886. The lowest BCUT2D eigenvalue weighted by molar-refractivity contribution is -0.152. The first-order valence-electron chi connectivity index (χ1n) is 15.2. The molecule has 0 aliphatic heterocycles. The van der Waals surface area contributed by atoms with Crippen molar-refractivity contribution in [2.45, 2.75) is 125 Å². The summed E-state index contributed by atoms with van der Waals surface area (Å²) < 4.78 is 11.2. The first kappa shape index (κ1) is 27.2. The van der Waals surface area contributed by atoms with E-state index in [1.807, 2.05) is 6.92 Å². The third-order valence-corrected chi connectivity index (χ3v) is 11.2. The van der Waals surface area contributed by atoms with E-state index in [0.29, 0.717) is 30.5 Å². The summed E-state index contributed by atoms with van der Waals surface area (Å²) in [4.78, 5) is 12.3. The number of allylic oxidation sites excluding steroid dienone is 1. The Morgan fingerprint density at radius 3 is 2.60 bits per heavy atom. The van der Waals surface area contributed by atoms with Gasteiger partial charge in [0.25, 0.3) is 0 Å². The van der Waals surface area contributed by atoms with Gasteiger partial charge in [0, 0.05) is 13.0 Å². The maximum Gasteiger partial charge on any atom is 0.308 e. The minimum absolute atomic E-state index is 0.0661. The summed E-state index contributed by atoms with van der Waals surface area (Å²) in [7, 11) is 0. The topological polar surface area (TPSA) is 35.5 Å². The Labute approximate surface area is 216 Å². The molecule has 4 aliphatic rings. The largest absolute Gasteiger partial charge is 0.462 e. The highest BCUT2D eigenvalue weighted by atomic mass is 16.5. The summed E-state index contributed by atoms with van der Waals surface area (Å²) in [5.41, 5.74) is 2.47. The van der Waals surface area contributed by atoms with Crippen molar-refractivity contribution < 1.29 is 14.3 Å². The minimum Gasteiger partial charge on any atom is -0.462 e. The van der Waals surface area contributed by atoms with E-state index >= 15 is 0 Å². The second-order valence-electron chi connectivity index (χ2n) is 13.6. The number of hydrogen-bond acceptors (Lipinski definition) is 3. The van der Waals surface area contributed by atoms with Gasteiger partial charge in [-0.25, -0.2) is 0 Å². The molecule has 0 bridgehead atoms. The number of carbonyl (C=O) groups excluding carboxylic acids is 1. The summed E-state index contributed by atoms with van der Waals surface area (Å²) in [5.74, 6) is 5.13. The average Bonchev–Trinajstić information content (AvgIpc) is 3.16. The fourth-order valence-corrected chi connectivity index (χ4v) is 9.30. The predicted octanol–water partition coefficient (Wildman–Crippen LogP) is 8.37. The summed E-state index contributed by atoms with van der Waals surface area (Å²) in [5, 5.41) is 0. The van der Waals surface area contributed by atoms with Crippen molar-refractivity contribution in [2.75, 3.05) is 13.2 Å². The van der Waals surface area contributed by atoms with Crippen LogP contribution < -0.4 is 0 Å². The summed E-state index contributed by atoms with van der Waals surface area (Å²) in [6.45, 7) is 15.6. The van der Waals surface area contributed by atoms with Crippen molar-refractivity contribution in [1.82, 2.24) is 0 Å². The summed E-state index contributed by atoms with van der Waals surface area (Å²) in [6.07, 6.45) is 17.4. The zero-order valence-corrected chi connectivity index (χ0v) is 23.7. The van der Waals surface area contributed by atoms with Gasteiger partial charge in [0.05, 0.1) is 13.0 Å². The predicted molar refractivity (Wildman–Crippen MR) is 144 cm³/mol. The quantitative estimate of drug-likeness (QED) is 0.177. The van der Waals surface area contributed by atoms with Crippen molar-refractivity contribution in [1.29, 1.82) is 0 Å². The lowest BCUT2D eigenvalue weighted by Crippen LogP contribution is -2.51. The summed E-state index contributed by atoms with van der Waals surface area (Å²) in [6, 6.07) is 0. The van der Waals surface area contributed by atoms with E-state index in [9.17, 15) is 4.79 Å². The molecule has 4 aliphatic carbocycles. The first-order chi connectivity index (χ1) is 16.7. The molecule has 4 rings (SSSR count). The van der Waals surface area contributed by atoms with Crippen LogP contribution in [0.4, 0.5) is 0 Å². The molecule has 0 radical (unpaired) electrons. The van der Waals surface area contributed by atoms with E-state index in [4.69, 9.17) is 9.47 Å². The van der Waals surface area contributed by atoms with Crippen LogP contribution in [0.5, 0.6) is 0 Å². The third kappa shape index (κ3) is 5.55. The van der Waals surface area contributed by atoms with E-state index in [1.54, 1.807) is 5.57 Å². The highest BCUT2D eigenvalue weighted by Crippen LogP contribution is 2.67. The molecule has 3 nitrogen and oxygen atoms in total. The fourth-order valence-electron chi connectivity index (χ4n) is 9.30. The smallest absolute Gasteiger partial charge is 0.308 e. The molecule has 3 saturated carbocycles. The maximum atomic E-state index is 12.3. The van der Waals surface area contributed by atoms with Gasteiger partial charge in [0.2, 0.25) is 0 Å².